The summed E-state index contributed by atoms with van der Waals surface area (Å²) >= 11 is 0. The Morgan fingerprint density at radius 1 is 0.826 bits per heavy atom. The molecule has 2 amide bonds. The Hall–Kier alpha value is -4.50. The number of anilines is 1. The molecule has 7 nitrogen and oxygen atoms in total. The van der Waals surface area contributed by atoms with Crippen LogP contribution in [0.5, 0.6) is 0 Å². The van der Waals surface area contributed by atoms with E-state index in [1.807, 2.05) is 43.3 Å². The van der Waals surface area contributed by atoms with Gasteiger partial charge in [-0.25, -0.2) is 12.8 Å². The first-order valence-corrected chi connectivity index (χ1v) is 17.2. The van der Waals surface area contributed by atoms with Crippen molar-refractivity contribution < 1.29 is 22.4 Å². The van der Waals surface area contributed by atoms with Crippen LogP contribution in [0.25, 0.3) is 0 Å². The van der Waals surface area contributed by atoms with Gasteiger partial charge in [0.25, 0.3) is 10.0 Å². The highest BCUT2D eigenvalue weighted by Crippen LogP contribution is 2.26. The molecule has 0 bridgehead atoms. The number of halogens is 1. The molecule has 0 saturated heterocycles. The number of nitrogens with zero attached hydrogens (tertiary/aromatic N) is 2. The second-order valence-corrected chi connectivity index (χ2v) is 13.7. The Morgan fingerprint density at radius 3 is 2.13 bits per heavy atom. The first kappa shape index (κ1) is 32.9. The van der Waals surface area contributed by atoms with Crippen LogP contribution in [-0.2, 0) is 32.6 Å². The van der Waals surface area contributed by atoms with Crippen LogP contribution in [0.2, 0.25) is 0 Å². The van der Waals surface area contributed by atoms with Crippen LogP contribution >= 0.6 is 0 Å². The highest BCUT2D eigenvalue weighted by molar-refractivity contribution is 7.92. The van der Waals surface area contributed by atoms with Gasteiger partial charge in [0.05, 0.1) is 10.6 Å². The van der Waals surface area contributed by atoms with Crippen molar-refractivity contribution in [1.29, 1.82) is 0 Å². The fraction of sp³-hybridized carbons (Fsp3) is 0.297. The van der Waals surface area contributed by atoms with E-state index in [0.29, 0.717) is 11.3 Å². The fourth-order valence-electron chi connectivity index (χ4n) is 5.92. The van der Waals surface area contributed by atoms with Crippen LogP contribution in [0.3, 0.4) is 0 Å². The third kappa shape index (κ3) is 8.40. The van der Waals surface area contributed by atoms with Gasteiger partial charge in [0.2, 0.25) is 11.8 Å². The smallest absolute Gasteiger partial charge is 0.264 e. The molecule has 0 spiro atoms. The number of aryl methyl sites for hydroxylation is 1. The van der Waals surface area contributed by atoms with Crippen molar-refractivity contribution in [1.82, 2.24) is 10.2 Å². The summed E-state index contributed by atoms with van der Waals surface area (Å²) < 4.78 is 43.2. The van der Waals surface area contributed by atoms with Gasteiger partial charge in [0.15, 0.2) is 0 Å². The maximum absolute atomic E-state index is 14.6. The molecule has 46 heavy (non-hydrogen) atoms. The van der Waals surface area contributed by atoms with Crippen LogP contribution in [0, 0.1) is 12.7 Å². The zero-order valence-electron chi connectivity index (χ0n) is 26.0. The topological polar surface area (TPSA) is 86.8 Å². The lowest BCUT2D eigenvalue weighted by Gasteiger charge is -2.35. The van der Waals surface area contributed by atoms with Crippen molar-refractivity contribution in [3.8, 4) is 0 Å². The van der Waals surface area contributed by atoms with Crippen LogP contribution in [0.15, 0.2) is 114 Å². The van der Waals surface area contributed by atoms with E-state index in [2.05, 4.69) is 5.32 Å². The molecule has 1 atom stereocenters. The van der Waals surface area contributed by atoms with Gasteiger partial charge in [-0.15, -0.1) is 0 Å². The standard InChI is InChI=1S/C37H40FN3O4S/c1-28-12-11-17-33(24-28)41(46(44,45)34-18-9-4-10-19-34)27-36(42)40(26-30-20-22-31(38)23-21-30)35(25-29-13-5-2-6-14-29)37(43)39-32-15-7-3-8-16-32/h2,4-6,9-14,17-24,32,35H,3,7-8,15-16,25-27H2,1H3,(H,39,43)/t35-/m0/s1. The van der Waals surface area contributed by atoms with E-state index in [4.69, 9.17) is 0 Å². The molecule has 5 rings (SSSR count). The van der Waals surface area contributed by atoms with E-state index in [-0.39, 0.29) is 29.8 Å². The second kappa shape index (κ2) is 15.2. The van der Waals surface area contributed by atoms with Gasteiger partial charge in [-0.2, -0.15) is 0 Å². The lowest BCUT2D eigenvalue weighted by molar-refractivity contribution is -0.140. The van der Waals surface area contributed by atoms with Crippen molar-refractivity contribution in [3.63, 3.8) is 0 Å². The molecule has 1 N–H and O–H groups in total. The highest BCUT2D eigenvalue weighted by Gasteiger charge is 2.35. The molecule has 0 radical (unpaired) electrons. The zero-order valence-corrected chi connectivity index (χ0v) is 26.8. The molecule has 4 aromatic carbocycles. The summed E-state index contributed by atoms with van der Waals surface area (Å²) in [6.45, 7) is 1.30. The quantitative estimate of drug-likeness (QED) is 0.194. The molecule has 0 aliphatic heterocycles. The third-order valence-electron chi connectivity index (χ3n) is 8.39. The molecule has 1 fully saturated rings. The number of carbonyl (C=O) groups is 2. The lowest BCUT2D eigenvalue weighted by Crippen LogP contribution is -2.55. The minimum absolute atomic E-state index is 0.00421. The van der Waals surface area contributed by atoms with Crippen LogP contribution < -0.4 is 9.62 Å². The first-order chi connectivity index (χ1) is 22.2. The van der Waals surface area contributed by atoms with Gasteiger partial charge < -0.3 is 10.2 Å². The van der Waals surface area contributed by atoms with E-state index in [1.165, 1.54) is 29.2 Å². The molecule has 4 aromatic rings. The molecule has 0 heterocycles. The van der Waals surface area contributed by atoms with Crippen molar-refractivity contribution in [2.45, 2.75) is 69.0 Å². The van der Waals surface area contributed by atoms with E-state index in [0.717, 1.165) is 47.5 Å². The van der Waals surface area contributed by atoms with Crippen molar-refractivity contribution in [3.05, 3.63) is 132 Å². The monoisotopic (exact) mass is 641 g/mol. The predicted octanol–water partition coefficient (Wildman–Crippen LogP) is 6.42. The normalized spacial score (nSPS) is 14.3. The van der Waals surface area contributed by atoms with E-state index < -0.39 is 34.3 Å². The van der Waals surface area contributed by atoms with Crippen molar-refractivity contribution >= 4 is 27.5 Å². The molecule has 240 valence electrons. The average molecular weight is 642 g/mol. The highest BCUT2D eigenvalue weighted by atomic mass is 32.2. The molecule has 1 saturated carbocycles. The number of nitrogens with one attached hydrogen (secondary N) is 1. The van der Waals surface area contributed by atoms with Gasteiger partial charge in [0, 0.05) is 19.0 Å². The molecule has 0 aromatic heterocycles. The average Bonchev–Trinajstić information content (AvgIpc) is 3.07. The summed E-state index contributed by atoms with van der Waals surface area (Å²) in [6, 6.07) is 29.2. The minimum atomic E-state index is -4.17. The number of hydrogen-bond acceptors (Lipinski definition) is 4. The minimum Gasteiger partial charge on any atom is -0.352 e. The van der Waals surface area contributed by atoms with E-state index in [1.54, 1.807) is 48.5 Å². The lowest BCUT2D eigenvalue weighted by atomic mass is 9.94. The number of carbonyl (C=O) groups excluding carboxylic acids is 2. The van der Waals surface area contributed by atoms with Gasteiger partial charge in [-0.05, 0) is 72.9 Å². The summed E-state index contributed by atoms with van der Waals surface area (Å²) in [6.07, 6.45) is 5.13. The Labute approximate surface area is 271 Å². The largest absolute Gasteiger partial charge is 0.352 e. The number of benzene rings is 4. The number of sulfonamides is 1. The Kier molecular flexibility index (Phi) is 10.9. The van der Waals surface area contributed by atoms with Crippen LogP contribution in [0.4, 0.5) is 10.1 Å². The van der Waals surface area contributed by atoms with Crippen molar-refractivity contribution in [2.75, 3.05) is 10.8 Å². The summed E-state index contributed by atoms with van der Waals surface area (Å²) in [4.78, 5) is 30.2. The van der Waals surface area contributed by atoms with Crippen LogP contribution in [0.1, 0.15) is 48.8 Å². The number of rotatable bonds is 12. The SMILES string of the molecule is Cc1cccc(N(CC(=O)N(Cc2ccc(F)cc2)[C@@H](Cc2ccccc2)C(=O)NC2CCCCC2)S(=O)(=O)c2ccccc2)c1. The molecule has 9 heteroatoms. The Bertz CT molecular complexity index is 1710. The van der Waals surface area contributed by atoms with Gasteiger partial charge in [0.1, 0.15) is 18.4 Å². The third-order valence-corrected chi connectivity index (χ3v) is 10.2. The number of amides is 2. The van der Waals surface area contributed by atoms with Crippen LogP contribution in [-0.4, -0.2) is 43.8 Å². The summed E-state index contributed by atoms with van der Waals surface area (Å²) in [7, 11) is -4.17. The summed E-state index contributed by atoms with van der Waals surface area (Å²) in [5, 5.41) is 3.19. The zero-order chi connectivity index (χ0) is 32.5. The Morgan fingerprint density at radius 2 is 1.48 bits per heavy atom. The van der Waals surface area contributed by atoms with Gasteiger partial charge in [-0.3, -0.25) is 13.9 Å². The molecular formula is C37H40FN3O4S. The second-order valence-electron chi connectivity index (χ2n) is 11.9. The Balaban J connectivity index is 1.55. The predicted molar refractivity (Wildman–Crippen MR) is 178 cm³/mol. The molecule has 1 aliphatic carbocycles. The van der Waals surface area contributed by atoms with Crippen molar-refractivity contribution in [2.24, 2.45) is 0 Å². The maximum atomic E-state index is 14.6. The van der Waals surface area contributed by atoms with E-state index in [9.17, 15) is 22.4 Å². The molecule has 1 aliphatic rings. The first-order valence-electron chi connectivity index (χ1n) is 15.7. The summed E-state index contributed by atoms with van der Waals surface area (Å²) in [5.74, 6) is -1.26. The maximum Gasteiger partial charge on any atom is 0.264 e. The number of hydrogen-bond donors (Lipinski definition) is 1. The molecular weight excluding hydrogens is 601 g/mol. The van der Waals surface area contributed by atoms with E-state index >= 15 is 0 Å². The fourth-order valence-corrected chi connectivity index (χ4v) is 7.34. The summed E-state index contributed by atoms with van der Waals surface area (Å²) in [5.41, 5.74) is 2.64. The molecule has 0 unspecified atom stereocenters. The van der Waals surface area contributed by atoms with Gasteiger partial charge >= 0.3 is 0 Å². The van der Waals surface area contributed by atoms with Gasteiger partial charge in [-0.1, -0.05) is 92.1 Å².